The van der Waals surface area contributed by atoms with Crippen molar-refractivity contribution in [1.82, 2.24) is 0 Å². The number of ether oxygens (including phenoxy) is 2. The molecular formula is C63H42Br2O5. The van der Waals surface area contributed by atoms with Crippen LogP contribution in [0.4, 0.5) is 0 Å². The Morgan fingerprint density at radius 3 is 0.800 bits per heavy atom. The molecule has 0 atom stereocenters. The van der Waals surface area contributed by atoms with E-state index in [-0.39, 0.29) is 5.78 Å². The van der Waals surface area contributed by atoms with E-state index in [1.807, 2.05) is 218 Å². The molecule has 0 amide bonds. The molecule has 0 saturated carbocycles. The number of aliphatic hydroxyl groups is 2. The number of rotatable bonds is 6. The summed E-state index contributed by atoms with van der Waals surface area (Å²) in [6.07, 6.45) is 0. The Balaban J connectivity index is 0.000000149. The molecule has 2 N–H and O–H groups in total. The van der Waals surface area contributed by atoms with Gasteiger partial charge in [0, 0.05) is 42.3 Å². The van der Waals surface area contributed by atoms with Crippen LogP contribution >= 0.6 is 31.9 Å². The van der Waals surface area contributed by atoms with Crippen LogP contribution in [0.25, 0.3) is 33.4 Å². The van der Waals surface area contributed by atoms with E-state index in [2.05, 4.69) is 56.1 Å². The summed E-state index contributed by atoms with van der Waals surface area (Å²) in [5.41, 5.74) is 10.7. The molecule has 0 bridgehead atoms. The zero-order valence-electron chi connectivity index (χ0n) is 37.5. The van der Waals surface area contributed by atoms with Gasteiger partial charge in [0.25, 0.3) is 0 Å². The highest BCUT2D eigenvalue weighted by Gasteiger charge is 2.44. The lowest BCUT2D eigenvalue weighted by Gasteiger charge is -2.27. The Labute approximate surface area is 423 Å². The van der Waals surface area contributed by atoms with Crippen molar-refractivity contribution in [3.63, 3.8) is 0 Å². The van der Waals surface area contributed by atoms with Gasteiger partial charge in [-0.15, -0.1) is 0 Å². The molecule has 0 spiro atoms. The maximum Gasteiger partial charge on any atom is 0.194 e. The third kappa shape index (κ3) is 8.07. The highest BCUT2D eigenvalue weighted by atomic mass is 79.9. The average molecular weight is 1040 g/mol. The molecule has 0 heterocycles. The van der Waals surface area contributed by atoms with Crippen LogP contribution in [0.15, 0.2) is 252 Å². The van der Waals surface area contributed by atoms with Crippen molar-refractivity contribution in [3.05, 3.63) is 296 Å². The second kappa shape index (κ2) is 18.7. The van der Waals surface area contributed by atoms with E-state index in [1.54, 1.807) is 0 Å². The van der Waals surface area contributed by atoms with Crippen molar-refractivity contribution in [3.8, 4) is 56.4 Å². The first-order valence-electron chi connectivity index (χ1n) is 22.8. The summed E-state index contributed by atoms with van der Waals surface area (Å²) < 4.78 is 13.9. The maximum absolute atomic E-state index is 12.1. The number of benzene rings is 10. The van der Waals surface area contributed by atoms with Crippen molar-refractivity contribution < 1.29 is 24.5 Å². The Kier molecular flexibility index (Phi) is 12.0. The lowest BCUT2D eigenvalue weighted by molar-refractivity contribution is 0.104. The molecule has 0 aromatic heterocycles. The smallest absolute Gasteiger partial charge is 0.194 e. The predicted octanol–water partition coefficient (Wildman–Crippen LogP) is 15.9. The molecule has 10 aromatic rings. The van der Waals surface area contributed by atoms with E-state index in [9.17, 15) is 15.0 Å². The number of hydrogen-bond donors (Lipinski definition) is 2. The second-order valence-electron chi connectivity index (χ2n) is 17.2. The Hall–Kier alpha value is -7.65. The maximum atomic E-state index is 12.1. The fraction of sp³-hybridized carbons (Fsp3) is 0.0317. The normalized spacial score (nSPS) is 13.4. The number of ketones is 1. The molecule has 3 aliphatic rings. The van der Waals surface area contributed by atoms with Crippen LogP contribution in [-0.4, -0.2) is 16.0 Å². The van der Waals surface area contributed by atoms with E-state index >= 15 is 0 Å². The minimum absolute atomic E-state index is 0.149. The molecule has 0 aliphatic heterocycles. The van der Waals surface area contributed by atoms with Gasteiger partial charge in [-0.3, -0.25) is 4.79 Å². The van der Waals surface area contributed by atoms with Crippen LogP contribution in [0.2, 0.25) is 0 Å². The topological polar surface area (TPSA) is 76.0 Å². The minimum Gasteiger partial charge on any atom is -0.457 e. The van der Waals surface area contributed by atoms with Gasteiger partial charge in [0.15, 0.2) is 5.78 Å². The summed E-state index contributed by atoms with van der Waals surface area (Å²) in [7, 11) is 0. The predicted molar refractivity (Wildman–Crippen MR) is 285 cm³/mol. The molecule has 0 fully saturated rings. The lowest BCUT2D eigenvalue weighted by Crippen LogP contribution is -2.26. The molecule has 70 heavy (non-hydrogen) atoms. The van der Waals surface area contributed by atoms with Crippen LogP contribution in [0, 0.1) is 0 Å². The van der Waals surface area contributed by atoms with E-state index in [1.165, 1.54) is 0 Å². The van der Waals surface area contributed by atoms with Gasteiger partial charge >= 0.3 is 0 Å². The molecule has 10 aromatic carbocycles. The van der Waals surface area contributed by atoms with Gasteiger partial charge < -0.3 is 19.7 Å². The molecule has 0 unspecified atom stereocenters. The first kappa shape index (κ1) is 44.8. The van der Waals surface area contributed by atoms with Crippen LogP contribution in [0.3, 0.4) is 0 Å². The zero-order valence-corrected chi connectivity index (χ0v) is 40.6. The average Bonchev–Trinajstić information content (AvgIpc) is 3.97. The monoisotopic (exact) mass is 1040 g/mol. The van der Waals surface area contributed by atoms with Crippen molar-refractivity contribution >= 4 is 37.6 Å². The summed E-state index contributed by atoms with van der Waals surface area (Å²) in [5, 5.41) is 24.2. The van der Waals surface area contributed by atoms with Crippen LogP contribution in [-0.2, 0) is 11.2 Å². The minimum atomic E-state index is -1.23. The highest BCUT2D eigenvalue weighted by Crippen LogP contribution is 2.52. The van der Waals surface area contributed by atoms with Gasteiger partial charge in [-0.2, -0.15) is 0 Å². The molecule has 338 valence electrons. The van der Waals surface area contributed by atoms with Crippen LogP contribution in [0.5, 0.6) is 23.0 Å². The van der Waals surface area contributed by atoms with Crippen molar-refractivity contribution in [2.75, 3.05) is 0 Å². The van der Waals surface area contributed by atoms with E-state index in [0.717, 1.165) is 98.3 Å². The van der Waals surface area contributed by atoms with E-state index in [0.29, 0.717) is 11.5 Å². The zero-order chi connectivity index (χ0) is 47.8. The molecule has 7 heteroatoms. The van der Waals surface area contributed by atoms with Gasteiger partial charge in [0.1, 0.15) is 34.2 Å². The van der Waals surface area contributed by atoms with Gasteiger partial charge in [0.05, 0.1) is 0 Å². The SMILES string of the molecule is Brc1ccc(Oc2ccc(Br)cc2)cc1.O=C1c2ccccc2-c2ccccc21.OC1(c2ccc(Oc3ccc(C4(O)c5ccccc5-c5ccccc54)cc3)cc2)c2ccccc2-c2ccccc21. The number of carbonyl (C=O) groups is 1. The molecule has 0 saturated heterocycles. The largest absolute Gasteiger partial charge is 0.457 e. The van der Waals surface area contributed by atoms with Crippen molar-refractivity contribution in [2.24, 2.45) is 0 Å². The lowest BCUT2D eigenvalue weighted by atomic mass is 9.84. The fourth-order valence-electron chi connectivity index (χ4n) is 9.83. The molecular weight excluding hydrogens is 996 g/mol. The number of halogens is 2. The van der Waals surface area contributed by atoms with Gasteiger partial charge in [0.2, 0.25) is 0 Å². The van der Waals surface area contributed by atoms with Gasteiger partial charge in [-0.1, -0.05) is 202 Å². The fourth-order valence-corrected chi connectivity index (χ4v) is 10.4. The number of fused-ring (bicyclic) bond motifs is 9. The highest BCUT2D eigenvalue weighted by molar-refractivity contribution is 9.10. The molecule has 13 rings (SSSR count). The third-order valence-electron chi connectivity index (χ3n) is 13.1. The summed E-state index contributed by atoms with van der Waals surface area (Å²) in [4.78, 5) is 11.9. The third-order valence-corrected chi connectivity index (χ3v) is 14.2. The standard InChI is InChI=1S/C38H26O3.C13H8O.C12H8Br2O/c39-37(33-13-5-1-9-29(33)30-10-2-6-14-34(30)37)25-17-21-27(22-18-25)41-28-23-19-26(20-24-28)38(40)35-15-7-3-11-31(35)32-12-4-8-16-36(32)38;14-13-11-7-3-1-5-9(11)10-6-2-4-8-12(10)13;13-9-1-5-11(6-2-9)15-12-7-3-10(14)4-8-12/h1-24,39-40H;1-8H;1-8H. The van der Waals surface area contributed by atoms with Gasteiger partial charge in [-0.25, -0.2) is 0 Å². The van der Waals surface area contributed by atoms with Crippen molar-refractivity contribution in [2.45, 2.75) is 11.2 Å². The number of hydrogen-bond acceptors (Lipinski definition) is 5. The quantitative estimate of drug-likeness (QED) is 0.174. The Morgan fingerprint density at radius 1 is 0.286 bits per heavy atom. The van der Waals surface area contributed by atoms with Crippen LogP contribution < -0.4 is 9.47 Å². The molecule has 0 radical (unpaired) electrons. The van der Waals surface area contributed by atoms with Crippen molar-refractivity contribution in [1.29, 1.82) is 0 Å². The Morgan fingerprint density at radius 2 is 0.514 bits per heavy atom. The van der Waals surface area contributed by atoms with Gasteiger partial charge in [-0.05, 0) is 117 Å². The summed E-state index contributed by atoms with van der Waals surface area (Å²) in [6, 6.07) is 78.4. The molecule has 5 nitrogen and oxygen atoms in total. The van der Waals surface area contributed by atoms with Crippen LogP contribution in [0.1, 0.15) is 49.3 Å². The first-order chi connectivity index (χ1) is 34.2. The Bertz CT molecular complexity index is 3220. The van der Waals surface area contributed by atoms with E-state index in [4.69, 9.17) is 9.47 Å². The van der Waals surface area contributed by atoms with E-state index < -0.39 is 11.2 Å². The second-order valence-corrected chi connectivity index (χ2v) is 19.0. The number of carbonyl (C=O) groups excluding carboxylic acids is 1. The first-order valence-corrected chi connectivity index (χ1v) is 24.4. The summed E-state index contributed by atoms with van der Waals surface area (Å²) in [6.45, 7) is 0. The molecule has 3 aliphatic carbocycles. The summed E-state index contributed by atoms with van der Waals surface area (Å²) >= 11 is 6.76. The summed E-state index contributed by atoms with van der Waals surface area (Å²) in [5.74, 6) is 3.15.